The summed E-state index contributed by atoms with van der Waals surface area (Å²) in [7, 11) is 0. The molecule has 8 heteroatoms. The summed E-state index contributed by atoms with van der Waals surface area (Å²) in [6, 6.07) is 15.3. The number of carbonyl (C=O) groups is 2. The van der Waals surface area contributed by atoms with E-state index in [0.29, 0.717) is 11.4 Å². The number of phenolic OH excluding ortho intramolecular Hbond substituents is 1. The highest BCUT2D eigenvalue weighted by Crippen LogP contribution is 2.24. The number of nitrogens with zero attached hydrogens (tertiary/aromatic N) is 2. The van der Waals surface area contributed by atoms with Gasteiger partial charge in [-0.15, -0.1) is 0 Å². The third kappa shape index (κ3) is 3.53. The van der Waals surface area contributed by atoms with Crippen LogP contribution < -0.4 is 10.2 Å². The van der Waals surface area contributed by atoms with Gasteiger partial charge < -0.3 is 9.67 Å². The second kappa shape index (κ2) is 7.33. The summed E-state index contributed by atoms with van der Waals surface area (Å²) in [4.78, 5) is 26.6. The third-order valence-corrected chi connectivity index (χ3v) is 4.67. The lowest BCUT2D eigenvalue weighted by Gasteiger charge is -2.28. The molecular weight excluding hydrogens is 393 g/mol. The van der Waals surface area contributed by atoms with Crippen molar-refractivity contribution in [2.75, 3.05) is 4.90 Å². The molecule has 29 heavy (non-hydrogen) atoms. The zero-order valence-electron chi connectivity index (χ0n) is 14.9. The summed E-state index contributed by atoms with van der Waals surface area (Å²) in [6.45, 7) is 0. The van der Waals surface area contributed by atoms with Crippen LogP contribution in [0.2, 0.25) is 0 Å². The van der Waals surface area contributed by atoms with Crippen LogP contribution in [0.4, 0.5) is 10.1 Å². The van der Waals surface area contributed by atoms with E-state index in [1.807, 2.05) is 0 Å². The molecule has 2 amide bonds. The normalized spacial score (nSPS) is 15.7. The molecule has 0 bridgehead atoms. The van der Waals surface area contributed by atoms with Gasteiger partial charge in [0.05, 0.1) is 5.69 Å². The molecular formula is C21H14FN3O3S. The molecule has 1 aliphatic rings. The maximum absolute atomic E-state index is 13.2. The van der Waals surface area contributed by atoms with E-state index < -0.39 is 17.6 Å². The van der Waals surface area contributed by atoms with Crippen molar-refractivity contribution in [3.05, 3.63) is 83.9 Å². The second-order valence-electron chi connectivity index (χ2n) is 6.25. The van der Waals surface area contributed by atoms with Gasteiger partial charge in [0.2, 0.25) is 0 Å². The zero-order valence-corrected chi connectivity index (χ0v) is 15.7. The quantitative estimate of drug-likeness (QED) is 0.397. The van der Waals surface area contributed by atoms with Crippen LogP contribution in [0.5, 0.6) is 5.75 Å². The summed E-state index contributed by atoms with van der Waals surface area (Å²) in [6.07, 6.45) is 3.23. The Bertz CT molecular complexity index is 1150. The van der Waals surface area contributed by atoms with E-state index in [1.165, 1.54) is 30.3 Å². The summed E-state index contributed by atoms with van der Waals surface area (Å²) in [5.41, 5.74) is 1.57. The van der Waals surface area contributed by atoms with Crippen LogP contribution in [0.3, 0.4) is 0 Å². The molecule has 2 aromatic carbocycles. The fraction of sp³-hybridized carbons (Fsp3) is 0. The van der Waals surface area contributed by atoms with Crippen LogP contribution in [0, 0.1) is 5.82 Å². The Morgan fingerprint density at radius 2 is 1.62 bits per heavy atom. The highest BCUT2D eigenvalue weighted by atomic mass is 32.1. The van der Waals surface area contributed by atoms with E-state index in [-0.39, 0.29) is 16.4 Å². The van der Waals surface area contributed by atoms with E-state index in [2.05, 4.69) is 5.32 Å². The van der Waals surface area contributed by atoms with Crippen molar-refractivity contribution in [1.82, 2.24) is 9.88 Å². The molecule has 1 aliphatic heterocycles. The van der Waals surface area contributed by atoms with Crippen LogP contribution in [0.15, 0.2) is 72.4 Å². The van der Waals surface area contributed by atoms with E-state index in [0.717, 1.165) is 10.6 Å². The molecule has 0 aliphatic carbocycles. The van der Waals surface area contributed by atoms with Crippen molar-refractivity contribution in [1.29, 1.82) is 0 Å². The third-order valence-electron chi connectivity index (χ3n) is 4.39. The average Bonchev–Trinajstić information content (AvgIpc) is 3.15. The summed E-state index contributed by atoms with van der Waals surface area (Å²) in [5, 5.41) is 11.9. The lowest BCUT2D eigenvalue weighted by molar-refractivity contribution is -0.122. The number of rotatable bonds is 3. The predicted molar refractivity (Wildman–Crippen MR) is 110 cm³/mol. The Labute approximate surface area is 170 Å². The van der Waals surface area contributed by atoms with Crippen LogP contribution in [-0.2, 0) is 9.59 Å². The van der Waals surface area contributed by atoms with Gasteiger partial charge in [-0.2, -0.15) is 0 Å². The molecule has 0 atom stereocenters. The van der Waals surface area contributed by atoms with Crippen molar-refractivity contribution in [2.24, 2.45) is 0 Å². The van der Waals surface area contributed by atoms with Gasteiger partial charge in [-0.25, -0.2) is 4.39 Å². The minimum atomic E-state index is -0.614. The predicted octanol–water partition coefficient (Wildman–Crippen LogP) is 3.15. The van der Waals surface area contributed by atoms with Crippen LogP contribution in [0.25, 0.3) is 11.8 Å². The fourth-order valence-corrected chi connectivity index (χ4v) is 3.27. The Morgan fingerprint density at radius 1 is 0.966 bits per heavy atom. The van der Waals surface area contributed by atoms with Crippen molar-refractivity contribution in [3.63, 3.8) is 0 Å². The maximum atomic E-state index is 13.2. The Hall–Kier alpha value is -3.78. The number of halogens is 1. The first-order chi connectivity index (χ1) is 13.9. The van der Waals surface area contributed by atoms with Gasteiger partial charge in [-0.3, -0.25) is 19.8 Å². The number of nitrogens with one attached hydrogen (secondary N) is 1. The highest BCUT2D eigenvalue weighted by Gasteiger charge is 2.34. The first-order valence-corrected chi connectivity index (χ1v) is 8.98. The fourth-order valence-electron chi connectivity index (χ4n) is 2.99. The summed E-state index contributed by atoms with van der Waals surface area (Å²) < 4.78 is 15.0. The largest absolute Gasteiger partial charge is 0.508 e. The Balaban J connectivity index is 1.73. The molecule has 0 unspecified atom stereocenters. The molecule has 1 saturated heterocycles. The number of phenols is 1. The van der Waals surface area contributed by atoms with Gasteiger partial charge in [0.1, 0.15) is 17.1 Å². The number of aromatic nitrogens is 1. The number of hydrogen-bond donors (Lipinski definition) is 2. The van der Waals surface area contributed by atoms with Crippen molar-refractivity contribution in [2.45, 2.75) is 0 Å². The van der Waals surface area contributed by atoms with Crippen LogP contribution >= 0.6 is 12.2 Å². The summed E-state index contributed by atoms with van der Waals surface area (Å²) >= 11 is 5.13. The number of anilines is 1. The van der Waals surface area contributed by atoms with E-state index in [4.69, 9.17) is 12.2 Å². The monoisotopic (exact) mass is 407 g/mol. The molecule has 144 valence electrons. The van der Waals surface area contributed by atoms with Gasteiger partial charge >= 0.3 is 0 Å². The number of thiocarbonyl (C=S) groups is 1. The van der Waals surface area contributed by atoms with Gasteiger partial charge in [0, 0.05) is 17.6 Å². The zero-order chi connectivity index (χ0) is 20.5. The highest BCUT2D eigenvalue weighted by molar-refractivity contribution is 7.80. The SMILES string of the molecule is O=C1NC(=S)N(c2ccc(F)cc2)C(=O)/C1=C\c1cccn1-c1ccc(O)cc1. The lowest BCUT2D eigenvalue weighted by atomic mass is 10.1. The van der Waals surface area contributed by atoms with Crippen molar-refractivity contribution < 1.29 is 19.1 Å². The second-order valence-corrected chi connectivity index (χ2v) is 6.64. The first-order valence-electron chi connectivity index (χ1n) is 8.58. The van der Waals surface area contributed by atoms with Crippen LogP contribution in [-0.4, -0.2) is 26.6 Å². The molecule has 0 radical (unpaired) electrons. The molecule has 4 rings (SSSR count). The number of benzene rings is 2. The number of aromatic hydroxyl groups is 1. The molecule has 1 aromatic heterocycles. The summed E-state index contributed by atoms with van der Waals surface area (Å²) in [5.74, 6) is -1.54. The van der Waals surface area contributed by atoms with E-state index in [9.17, 15) is 19.1 Å². The number of amides is 2. The van der Waals surface area contributed by atoms with Gasteiger partial charge in [-0.05, 0) is 79.0 Å². The van der Waals surface area contributed by atoms with Crippen molar-refractivity contribution >= 4 is 40.9 Å². The number of hydrogen-bond acceptors (Lipinski definition) is 4. The Morgan fingerprint density at radius 3 is 2.31 bits per heavy atom. The van der Waals surface area contributed by atoms with Crippen molar-refractivity contribution in [3.8, 4) is 11.4 Å². The van der Waals surface area contributed by atoms with Gasteiger partial charge in [-0.1, -0.05) is 0 Å². The minimum Gasteiger partial charge on any atom is -0.508 e. The van der Waals surface area contributed by atoms with Crippen LogP contribution in [0.1, 0.15) is 5.69 Å². The smallest absolute Gasteiger partial charge is 0.270 e. The molecule has 6 nitrogen and oxygen atoms in total. The minimum absolute atomic E-state index is 0.0716. The van der Waals surface area contributed by atoms with Gasteiger partial charge in [0.25, 0.3) is 11.8 Å². The topological polar surface area (TPSA) is 74.6 Å². The average molecular weight is 407 g/mol. The molecule has 3 aromatic rings. The van der Waals surface area contributed by atoms with E-state index >= 15 is 0 Å². The molecule has 2 N–H and O–H groups in total. The first kappa shape index (κ1) is 18.6. The number of carbonyl (C=O) groups excluding carboxylic acids is 2. The standard InChI is InChI=1S/C21H14FN3O3S/c22-13-3-5-15(6-4-13)25-20(28)18(19(27)23-21(25)29)12-16-2-1-11-24(16)14-7-9-17(26)10-8-14/h1-12,26H,(H,23,27,29)/b18-12-. The molecule has 0 saturated carbocycles. The molecule has 0 spiro atoms. The van der Waals surface area contributed by atoms with E-state index in [1.54, 1.807) is 47.2 Å². The lowest BCUT2D eigenvalue weighted by Crippen LogP contribution is -2.54. The van der Waals surface area contributed by atoms with Gasteiger partial charge in [0.15, 0.2) is 5.11 Å². The maximum Gasteiger partial charge on any atom is 0.270 e. The molecule has 2 heterocycles. The molecule has 1 fully saturated rings. The Kier molecular flexibility index (Phi) is 4.69.